The fraction of sp³-hybridized carbons (Fsp3) is 0.250. The molecule has 0 amide bonds. The molecule has 2 unspecified atom stereocenters. The highest BCUT2D eigenvalue weighted by Gasteiger charge is 2.14. The molecule has 1 N–H and O–H groups in total. The lowest BCUT2D eigenvalue weighted by atomic mass is 10.0. The standard InChI is InChI=1S/C8H11N/c1-3-7-5-6-9-8(7)4-2/h3-9H,1-2H2. The van der Waals surface area contributed by atoms with Gasteiger partial charge in [-0.1, -0.05) is 18.2 Å². The molecule has 0 saturated carbocycles. The van der Waals surface area contributed by atoms with Gasteiger partial charge in [-0.25, -0.2) is 0 Å². The van der Waals surface area contributed by atoms with Crippen LogP contribution in [-0.4, -0.2) is 6.04 Å². The predicted molar refractivity (Wildman–Crippen MR) is 39.9 cm³/mol. The monoisotopic (exact) mass is 121 g/mol. The van der Waals surface area contributed by atoms with Gasteiger partial charge in [0.2, 0.25) is 0 Å². The summed E-state index contributed by atoms with van der Waals surface area (Å²) in [6.45, 7) is 7.39. The van der Waals surface area contributed by atoms with Crippen LogP contribution in [0.2, 0.25) is 0 Å². The van der Waals surface area contributed by atoms with Gasteiger partial charge in [0.15, 0.2) is 0 Å². The van der Waals surface area contributed by atoms with Crippen molar-refractivity contribution in [1.82, 2.24) is 5.32 Å². The van der Waals surface area contributed by atoms with Gasteiger partial charge in [-0.3, -0.25) is 0 Å². The highest BCUT2D eigenvalue weighted by Crippen LogP contribution is 2.12. The van der Waals surface area contributed by atoms with E-state index in [0.717, 1.165) is 0 Å². The average Bonchev–Trinajstić information content (AvgIpc) is 2.33. The summed E-state index contributed by atoms with van der Waals surface area (Å²) in [5, 5.41) is 3.14. The lowest BCUT2D eigenvalue weighted by molar-refractivity contribution is 0.658. The van der Waals surface area contributed by atoms with Crippen LogP contribution in [0.5, 0.6) is 0 Å². The first-order valence-corrected chi connectivity index (χ1v) is 3.06. The van der Waals surface area contributed by atoms with E-state index in [0.29, 0.717) is 12.0 Å². The zero-order valence-electron chi connectivity index (χ0n) is 5.38. The van der Waals surface area contributed by atoms with Gasteiger partial charge in [0.05, 0.1) is 6.04 Å². The van der Waals surface area contributed by atoms with Crippen molar-refractivity contribution in [3.63, 3.8) is 0 Å². The molecule has 2 atom stereocenters. The highest BCUT2D eigenvalue weighted by atomic mass is 14.9. The molecule has 1 heteroatoms. The van der Waals surface area contributed by atoms with E-state index in [9.17, 15) is 0 Å². The molecule has 0 saturated heterocycles. The summed E-state index contributed by atoms with van der Waals surface area (Å²) in [6, 6.07) is 0.363. The largest absolute Gasteiger partial charge is 0.384 e. The van der Waals surface area contributed by atoms with Gasteiger partial charge in [0.1, 0.15) is 0 Å². The Labute approximate surface area is 55.8 Å². The van der Waals surface area contributed by atoms with Gasteiger partial charge >= 0.3 is 0 Å². The predicted octanol–water partition coefficient (Wildman–Crippen LogP) is 1.46. The first-order valence-electron chi connectivity index (χ1n) is 3.06. The van der Waals surface area contributed by atoms with E-state index in [4.69, 9.17) is 0 Å². The molecule has 0 aliphatic carbocycles. The van der Waals surface area contributed by atoms with Crippen molar-refractivity contribution < 1.29 is 0 Å². The first kappa shape index (κ1) is 6.14. The van der Waals surface area contributed by atoms with Crippen molar-refractivity contribution in [1.29, 1.82) is 0 Å². The molecule has 48 valence electrons. The Morgan fingerprint density at radius 1 is 1.33 bits per heavy atom. The van der Waals surface area contributed by atoms with E-state index in [2.05, 4.69) is 24.6 Å². The normalized spacial score (nSPS) is 31.6. The number of nitrogens with one attached hydrogen (secondary N) is 1. The fourth-order valence-electron chi connectivity index (χ4n) is 0.959. The van der Waals surface area contributed by atoms with Gasteiger partial charge in [-0.15, -0.1) is 13.2 Å². The van der Waals surface area contributed by atoms with Crippen molar-refractivity contribution in [3.8, 4) is 0 Å². The smallest absolute Gasteiger partial charge is 0.0534 e. The van der Waals surface area contributed by atoms with Crippen molar-refractivity contribution >= 4 is 0 Å². The maximum atomic E-state index is 3.70. The quantitative estimate of drug-likeness (QED) is 0.545. The molecule has 0 spiro atoms. The molecule has 0 aromatic rings. The first-order chi connectivity index (χ1) is 4.38. The minimum Gasteiger partial charge on any atom is -0.384 e. The van der Waals surface area contributed by atoms with Gasteiger partial charge in [0.25, 0.3) is 0 Å². The second-order valence-corrected chi connectivity index (χ2v) is 2.10. The Balaban J connectivity index is 2.58. The Hall–Kier alpha value is -0.980. The molecule has 0 aromatic heterocycles. The molecule has 0 fully saturated rings. The SMILES string of the molecule is C=CC1C=CNC1C=C. The molecule has 0 aromatic carbocycles. The van der Waals surface area contributed by atoms with Gasteiger partial charge in [0, 0.05) is 5.92 Å². The molecule has 1 nitrogen and oxygen atoms in total. The maximum absolute atomic E-state index is 3.70. The number of hydrogen-bond acceptors (Lipinski definition) is 1. The lowest BCUT2D eigenvalue weighted by Gasteiger charge is -2.10. The molecule has 1 aliphatic heterocycles. The van der Waals surface area contributed by atoms with Crippen molar-refractivity contribution in [3.05, 3.63) is 37.6 Å². The van der Waals surface area contributed by atoms with E-state index in [1.807, 2.05) is 18.4 Å². The summed E-state index contributed by atoms with van der Waals surface area (Å²) >= 11 is 0. The molecule has 1 rings (SSSR count). The summed E-state index contributed by atoms with van der Waals surface area (Å²) < 4.78 is 0. The fourth-order valence-corrected chi connectivity index (χ4v) is 0.959. The van der Waals surface area contributed by atoms with Crippen LogP contribution in [0.3, 0.4) is 0 Å². The zero-order valence-corrected chi connectivity index (χ0v) is 5.38. The summed E-state index contributed by atoms with van der Waals surface area (Å²) in [4.78, 5) is 0. The van der Waals surface area contributed by atoms with Crippen LogP contribution in [0, 0.1) is 5.92 Å². The van der Waals surface area contributed by atoms with Crippen LogP contribution < -0.4 is 5.32 Å². The average molecular weight is 121 g/mol. The van der Waals surface area contributed by atoms with Crippen molar-refractivity contribution in [2.75, 3.05) is 0 Å². The summed E-state index contributed by atoms with van der Waals surface area (Å²) in [5.41, 5.74) is 0. The minimum absolute atomic E-state index is 0.363. The third-order valence-corrected chi connectivity index (χ3v) is 1.55. The highest BCUT2D eigenvalue weighted by molar-refractivity contribution is 5.14. The second-order valence-electron chi connectivity index (χ2n) is 2.10. The topological polar surface area (TPSA) is 12.0 Å². The van der Waals surface area contributed by atoms with E-state index in [1.165, 1.54) is 0 Å². The zero-order chi connectivity index (χ0) is 6.69. The van der Waals surface area contributed by atoms with Crippen molar-refractivity contribution in [2.45, 2.75) is 6.04 Å². The third-order valence-electron chi connectivity index (χ3n) is 1.55. The Kier molecular flexibility index (Phi) is 1.73. The van der Waals surface area contributed by atoms with E-state index in [-0.39, 0.29) is 0 Å². The molecule has 9 heavy (non-hydrogen) atoms. The second kappa shape index (κ2) is 2.53. The molecule has 0 bridgehead atoms. The summed E-state index contributed by atoms with van der Waals surface area (Å²) in [7, 11) is 0. The lowest BCUT2D eigenvalue weighted by Crippen LogP contribution is -2.22. The molecular formula is C8H11N. The molecule has 0 radical (unpaired) electrons. The Morgan fingerprint density at radius 3 is 2.56 bits per heavy atom. The van der Waals surface area contributed by atoms with Crippen LogP contribution in [0.15, 0.2) is 37.6 Å². The molecule has 1 heterocycles. The number of rotatable bonds is 2. The van der Waals surface area contributed by atoms with Crippen LogP contribution >= 0.6 is 0 Å². The van der Waals surface area contributed by atoms with Gasteiger partial charge < -0.3 is 5.32 Å². The van der Waals surface area contributed by atoms with Gasteiger partial charge in [-0.05, 0) is 6.20 Å². The van der Waals surface area contributed by atoms with E-state index >= 15 is 0 Å². The van der Waals surface area contributed by atoms with Crippen LogP contribution in [0.1, 0.15) is 0 Å². The third kappa shape index (κ3) is 1.04. The van der Waals surface area contributed by atoms with Crippen LogP contribution in [-0.2, 0) is 0 Å². The van der Waals surface area contributed by atoms with Crippen molar-refractivity contribution in [2.24, 2.45) is 5.92 Å². The Morgan fingerprint density at radius 2 is 2.11 bits per heavy atom. The van der Waals surface area contributed by atoms with Crippen LogP contribution in [0.4, 0.5) is 0 Å². The Bertz CT molecular complexity index is 147. The maximum Gasteiger partial charge on any atom is 0.0534 e. The summed E-state index contributed by atoms with van der Waals surface area (Å²) in [5.74, 6) is 0.433. The van der Waals surface area contributed by atoms with E-state index in [1.54, 1.807) is 0 Å². The minimum atomic E-state index is 0.363. The molecule has 1 aliphatic rings. The summed E-state index contributed by atoms with van der Waals surface area (Å²) in [6.07, 6.45) is 7.84. The number of hydrogen-bond donors (Lipinski definition) is 1. The van der Waals surface area contributed by atoms with E-state index < -0.39 is 0 Å². The molecular weight excluding hydrogens is 110 g/mol. The van der Waals surface area contributed by atoms with Gasteiger partial charge in [-0.2, -0.15) is 0 Å². The van der Waals surface area contributed by atoms with Crippen LogP contribution in [0.25, 0.3) is 0 Å².